The lowest BCUT2D eigenvalue weighted by Crippen LogP contribution is -1.91. The van der Waals surface area contributed by atoms with Crippen molar-refractivity contribution in [1.82, 2.24) is 9.97 Å². The SMILES string of the molecule is N#Cc1nccc(-c2cccc3ccccc23)n1. The zero-order chi connectivity index (χ0) is 12.4. The van der Waals surface area contributed by atoms with Gasteiger partial charge in [0.1, 0.15) is 6.07 Å². The molecule has 1 heterocycles. The molecule has 18 heavy (non-hydrogen) atoms. The van der Waals surface area contributed by atoms with Gasteiger partial charge < -0.3 is 0 Å². The number of rotatable bonds is 1. The lowest BCUT2D eigenvalue weighted by molar-refractivity contribution is 1.12. The van der Waals surface area contributed by atoms with Crippen LogP contribution in [0, 0.1) is 11.3 Å². The molecular formula is C15H9N3. The van der Waals surface area contributed by atoms with Crippen molar-refractivity contribution in [1.29, 1.82) is 5.26 Å². The first kappa shape index (κ1) is 10.4. The fraction of sp³-hybridized carbons (Fsp3) is 0. The molecule has 3 aromatic rings. The van der Waals surface area contributed by atoms with E-state index in [1.807, 2.05) is 36.4 Å². The summed E-state index contributed by atoms with van der Waals surface area (Å²) in [6, 6.07) is 18.0. The highest BCUT2D eigenvalue weighted by Gasteiger charge is 2.05. The first-order valence-corrected chi connectivity index (χ1v) is 5.60. The highest BCUT2D eigenvalue weighted by molar-refractivity contribution is 5.95. The second kappa shape index (κ2) is 4.27. The first-order chi connectivity index (χ1) is 8.88. The number of hydrogen-bond acceptors (Lipinski definition) is 3. The summed E-state index contributed by atoms with van der Waals surface area (Å²) in [5.74, 6) is 0.195. The summed E-state index contributed by atoms with van der Waals surface area (Å²) in [4.78, 5) is 8.13. The quantitative estimate of drug-likeness (QED) is 0.646. The molecule has 0 saturated carbocycles. The van der Waals surface area contributed by atoms with Crippen LogP contribution in [0.1, 0.15) is 5.82 Å². The maximum Gasteiger partial charge on any atom is 0.232 e. The number of nitriles is 1. The van der Waals surface area contributed by atoms with Gasteiger partial charge in [0.25, 0.3) is 0 Å². The van der Waals surface area contributed by atoms with Crippen LogP contribution in [0.5, 0.6) is 0 Å². The number of hydrogen-bond donors (Lipinski definition) is 0. The molecule has 0 aliphatic carbocycles. The molecule has 1 aromatic heterocycles. The van der Waals surface area contributed by atoms with Crippen molar-refractivity contribution >= 4 is 10.8 Å². The van der Waals surface area contributed by atoms with Crippen molar-refractivity contribution in [3.8, 4) is 17.3 Å². The predicted molar refractivity (Wildman–Crippen MR) is 69.7 cm³/mol. The molecule has 0 N–H and O–H groups in total. The van der Waals surface area contributed by atoms with Gasteiger partial charge in [-0.15, -0.1) is 0 Å². The van der Waals surface area contributed by atoms with E-state index in [2.05, 4.69) is 28.2 Å². The van der Waals surface area contributed by atoms with E-state index in [0.29, 0.717) is 0 Å². The number of aromatic nitrogens is 2. The summed E-state index contributed by atoms with van der Waals surface area (Å²) in [5.41, 5.74) is 1.80. The van der Waals surface area contributed by atoms with Gasteiger partial charge in [0.2, 0.25) is 5.82 Å². The molecule has 0 amide bonds. The summed E-state index contributed by atoms with van der Waals surface area (Å²) in [6.45, 7) is 0. The largest absolute Gasteiger partial charge is 0.232 e. The van der Waals surface area contributed by atoms with E-state index in [4.69, 9.17) is 5.26 Å². The van der Waals surface area contributed by atoms with Crippen molar-refractivity contribution in [2.24, 2.45) is 0 Å². The Morgan fingerprint density at radius 3 is 2.67 bits per heavy atom. The lowest BCUT2D eigenvalue weighted by Gasteiger charge is -2.05. The van der Waals surface area contributed by atoms with E-state index in [1.54, 1.807) is 6.20 Å². The molecule has 84 valence electrons. The molecule has 0 aliphatic rings. The van der Waals surface area contributed by atoms with E-state index in [1.165, 1.54) is 0 Å². The van der Waals surface area contributed by atoms with Gasteiger partial charge >= 0.3 is 0 Å². The monoisotopic (exact) mass is 231 g/mol. The third-order valence-electron chi connectivity index (χ3n) is 2.82. The van der Waals surface area contributed by atoms with Crippen molar-refractivity contribution in [3.05, 3.63) is 60.6 Å². The minimum Gasteiger partial charge on any atom is -0.227 e. The average molecular weight is 231 g/mol. The molecule has 0 atom stereocenters. The van der Waals surface area contributed by atoms with E-state index in [0.717, 1.165) is 22.0 Å². The van der Waals surface area contributed by atoms with Gasteiger partial charge in [0.05, 0.1) is 5.69 Å². The topological polar surface area (TPSA) is 49.6 Å². The molecule has 3 rings (SSSR count). The molecule has 2 aromatic carbocycles. The Labute approximate surface area is 104 Å². The lowest BCUT2D eigenvalue weighted by atomic mass is 10.0. The standard InChI is InChI=1S/C15H9N3/c16-10-15-17-9-8-14(18-15)13-7-3-5-11-4-1-2-6-12(11)13/h1-9H. The second-order valence-corrected chi connectivity index (χ2v) is 3.90. The van der Waals surface area contributed by atoms with E-state index in [9.17, 15) is 0 Å². The smallest absolute Gasteiger partial charge is 0.227 e. The maximum absolute atomic E-state index is 8.85. The van der Waals surface area contributed by atoms with Crippen LogP contribution in [-0.4, -0.2) is 9.97 Å². The highest BCUT2D eigenvalue weighted by atomic mass is 14.9. The van der Waals surface area contributed by atoms with Gasteiger partial charge in [-0.25, -0.2) is 9.97 Å². The Morgan fingerprint density at radius 1 is 0.944 bits per heavy atom. The molecular weight excluding hydrogens is 222 g/mol. The first-order valence-electron chi connectivity index (χ1n) is 5.60. The summed E-state index contributed by atoms with van der Waals surface area (Å²) in [7, 11) is 0. The van der Waals surface area contributed by atoms with Crippen LogP contribution in [0.3, 0.4) is 0 Å². The van der Waals surface area contributed by atoms with Crippen molar-refractivity contribution in [3.63, 3.8) is 0 Å². The van der Waals surface area contributed by atoms with E-state index >= 15 is 0 Å². The minimum absolute atomic E-state index is 0.195. The summed E-state index contributed by atoms with van der Waals surface area (Å²) in [6.07, 6.45) is 1.61. The Hall–Kier alpha value is -2.73. The van der Waals surface area contributed by atoms with Crippen LogP contribution in [0.2, 0.25) is 0 Å². The van der Waals surface area contributed by atoms with Crippen LogP contribution < -0.4 is 0 Å². The number of benzene rings is 2. The Bertz CT molecular complexity index is 752. The molecule has 3 heteroatoms. The Kier molecular flexibility index (Phi) is 2.47. The minimum atomic E-state index is 0.195. The van der Waals surface area contributed by atoms with Gasteiger partial charge in [0.15, 0.2) is 0 Å². The van der Waals surface area contributed by atoms with Gasteiger partial charge in [-0.3, -0.25) is 0 Å². The normalized spacial score (nSPS) is 10.2. The zero-order valence-corrected chi connectivity index (χ0v) is 9.54. The number of nitrogens with zero attached hydrogens (tertiary/aromatic N) is 3. The summed E-state index contributed by atoms with van der Waals surface area (Å²) >= 11 is 0. The second-order valence-electron chi connectivity index (χ2n) is 3.90. The van der Waals surface area contributed by atoms with Crippen LogP contribution in [0.15, 0.2) is 54.7 Å². The summed E-state index contributed by atoms with van der Waals surface area (Å²) in [5, 5.41) is 11.1. The molecule has 0 unspecified atom stereocenters. The van der Waals surface area contributed by atoms with Gasteiger partial charge in [-0.05, 0) is 16.8 Å². The van der Waals surface area contributed by atoms with Gasteiger partial charge in [-0.2, -0.15) is 5.26 Å². The van der Waals surface area contributed by atoms with Crippen LogP contribution in [-0.2, 0) is 0 Å². The van der Waals surface area contributed by atoms with Crippen LogP contribution in [0.4, 0.5) is 0 Å². The number of fused-ring (bicyclic) bond motifs is 1. The molecule has 3 nitrogen and oxygen atoms in total. The molecule has 0 spiro atoms. The van der Waals surface area contributed by atoms with Crippen LogP contribution in [0.25, 0.3) is 22.0 Å². The Morgan fingerprint density at radius 2 is 1.78 bits per heavy atom. The molecule has 0 saturated heterocycles. The van der Waals surface area contributed by atoms with Gasteiger partial charge in [-0.1, -0.05) is 42.5 Å². The van der Waals surface area contributed by atoms with Crippen molar-refractivity contribution in [2.75, 3.05) is 0 Å². The predicted octanol–water partition coefficient (Wildman–Crippen LogP) is 3.17. The molecule has 0 radical (unpaired) electrons. The van der Waals surface area contributed by atoms with Crippen molar-refractivity contribution < 1.29 is 0 Å². The van der Waals surface area contributed by atoms with Gasteiger partial charge in [0, 0.05) is 11.8 Å². The van der Waals surface area contributed by atoms with E-state index in [-0.39, 0.29) is 5.82 Å². The Balaban J connectivity index is 2.28. The fourth-order valence-corrected chi connectivity index (χ4v) is 2.01. The van der Waals surface area contributed by atoms with Crippen molar-refractivity contribution in [2.45, 2.75) is 0 Å². The third-order valence-corrected chi connectivity index (χ3v) is 2.82. The van der Waals surface area contributed by atoms with Crippen LogP contribution >= 0.6 is 0 Å². The highest BCUT2D eigenvalue weighted by Crippen LogP contribution is 2.26. The fourth-order valence-electron chi connectivity index (χ4n) is 2.01. The molecule has 0 fully saturated rings. The molecule has 0 bridgehead atoms. The third kappa shape index (κ3) is 1.70. The maximum atomic E-state index is 8.85. The summed E-state index contributed by atoms with van der Waals surface area (Å²) < 4.78 is 0. The molecule has 0 aliphatic heterocycles. The zero-order valence-electron chi connectivity index (χ0n) is 9.54. The average Bonchev–Trinajstić information content (AvgIpc) is 2.47. The van der Waals surface area contributed by atoms with E-state index < -0.39 is 0 Å².